The van der Waals surface area contributed by atoms with E-state index in [-0.39, 0.29) is 5.69 Å². The number of rotatable bonds is 5. The highest BCUT2D eigenvalue weighted by Crippen LogP contribution is 2.39. The molecule has 0 atom stereocenters. The van der Waals surface area contributed by atoms with Gasteiger partial charge in [0.1, 0.15) is 11.5 Å². The van der Waals surface area contributed by atoms with Crippen LogP contribution in [-0.2, 0) is 5.60 Å². The Morgan fingerprint density at radius 2 is 1.70 bits per heavy atom. The molecule has 8 heteroatoms. The van der Waals surface area contributed by atoms with E-state index in [2.05, 4.69) is 0 Å². The quantitative estimate of drug-likeness (QED) is 0.616. The third kappa shape index (κ3) is 3.94. The Kier molecular flexibility index (Phi) is 5.43. The number of nitro benzene ring substituents is 1. The molecule has 0 saturated carbocycles. The lowest BCUT2D eigenvalue weighted by Gasteiger charge is -2.40. The van der Waals surface area contributed by atoms with Crippen LogP contribution in [0.4, 0.5) is 11.4 Å². The molecule has 0 radical (unpaired) electrons. The van der Waals surface area contributed by atoms with Crippen molar-refractivity contribution in [1.82, 2.24) is 0 Å². The summed E-state index contributed by atoms with van der Waals surface area (Å²) in [7, 11) is 3.14. The van der Waals surface area contributed by atoms with Crippen LogP contribution in [0.5, 0.6) is 11.5 Å². The second-order valence-electron chi connectivity index (χ2n) is 6.51. The SMILES string of the molecule is COc1cc(OC)cc(C2(O)CCN(c3ccc([N+](=O)[O-])cc3Cl)CC2)c1. The first-order valence-corrected chi connectivity index (χ1v) is 8.89. The van der Waals surface area contributed by atoms with Crippen LogP contribution in [0.25, 0.3) is 0 Å². The lowest BCUT2D eigenvalue weighted by Crippen LogP contribution is -2.42. The minimum atomic E-state index is -1.01. The summed E-state index contributed by atoms with van der Waals surface area (Å²) in [5.41, 5.74) is 0.424. The Morgan fingerprint density at radius 1 is 1.11 bits per heavy atom. The molecule has 0 aromatic heterocycles. The summed E-state index contributed by atoms with van der Waals surface area (Å²) in [5, 5.41) is 22.4. The van der Waals surface area contributed by atoms with E-state index in [0.717, 1.165) is 11.3 Å². The number of methoxy groups -OCH3 is 2. The molecule has 3 rings (SSSR count). The number of nitro groups is 1. The van der Waals surface area contributed by atoms with Gasteiger partial charge in [-0.2, -0.15) is 0 Å². The lowest BCUT2D eigenvalue weighted by atomic mass is 9.84. The summed E-state index contributed by atoms with van der Waals surface area (Å²) in [6.45, 7) is 1.13. The van der Waals surface area contributed by atoms with Gasteiger partial charge in [-0.1, -0.05) is 11.6 Å². The molecule has 0 aliphatic carbocycles. The standard InChI is InChI=1S/C19H21ClN2O5/c1-26-15-9-13(10-16(12-15)27-2)19(23)5-7-21(8-6-19)18-4-3-14(22(24)25)11-17(18)20/h3-4,9-12,23H,5-8H2,1-2H3. The maximum absolute atomic E-state index is 11.2. The van der Waals surface area contributed by atoms with E-state index in [1.54, 1.807) is 26.4 Å². The van der Waals surface area contributed by atoms with Gasteiger partial charge in [0.05, 0.1) is 35.5 Å². The van der Waals surface area contributed by atoms with Gasteiger partial charge in [0.2, 0.25) is 0 Å². The summed E-state index contributed by atoms with van der Waals surface area (Å²) >= 11 is 6.23. The largest absolute Gasteiger partial charge is 0.497 e. The van der Waals surface area contributed by atoms with E-state index in [9.17, 15) is 15.2 Å². The Labute approximate surface area is 162 Å². The van der Waals surface area contributed by atoms with Gasteiger partial charge in [-0.05, 0) is 36.6 Å². The molecule has 1 saturated heterocycles. The van der Waals surface area contributed by atoms with E-state index in [0.29, 0.717) is 42.5 Å². The van der Waals surface area contributed by atoms with Crippen molar-refractivity contribution in [2.75, 3.05) is 32.2 Å². The van der Waals surface area contributed by atoms with E-state index >= 15 is 0 Å². The van der Waals surface area contributed by atoms with Crippen LogP contribution in [0, 0.1) is 10.1 Å². The highest BCUT2D eigenvalue weighted by molar-refractivity contribution is 6.33. The first-order chi connectivity index (χ1) is 12.9. The molecule has 0 bridgehead atoms. The van der Waals surface area contributed by atoms with Crippen LogP contribution in [0.1, 0.15) is 18.4 Å². The molecule has 0 spiro atoms. The summed E-state index contributed by atoms with van der Waals surface area (Å²) in [4.78, 5) is 12.4. The number of anilines is 1. The molecule has 0 amide bonds. The molecule has 144 valence electrons. The molecular formula is C19H21ClN2O5. The van der Waals surface area contributed by atoms with Gasteiger partial charge < -0.3 is 19.5 Å². The molecule has 1 N–H and O–H groups in total. The van der Waals surface area contributed by atoms with Crippen molar-refractivity contribution in [3.8, 4) is 11.5 Å². The van der Waals surface area contributed by atoms with Crippen molar-refractivity contribution < 1.29 is 19.5 Å². The zero-order chi connectivity index (χ0) is 19.6. The number of ether oxygens (including phenoxy) is 2. The molecular weight excluding hydrogens is 372 g/mol. The summed E-state index contributed by atoms with van der Waals surface area (Å²) in [6.07, 6.45) is 0.966. The highest BCUT2D eigenvalue weighted by atomic mass is 35.5. The lowest BCUT2D eigenvalue weighted by molar-refractivity contribution is -0.384. The summed E-state index contributed by atoms with van der Waals surface area (Å²) in [5.74, 6) is 1.25. The number of nitrogens with zero attached hydrogens (tertiary/aromatic N) is 2. The molecule has 27 heavy (non-hydrogen) atoms. The minimum Gasteiger partial charge on any atom is -0.497 e. The number of piperidine rings is 1. The molecule has 1 heterocycles. The van der Waals surface area contributed by atoms with E-state index in [1.165, 1.54) is 12.1 Å². The van der Waals surface area contributed by atoms with Crippen molar-refractivity contribution in [3.05, 3.63) is 57.1 Å². The third-order valence-corrected chi connectivity index (χ3v) is 5.26. The Bertz CT molecular complexity index is 828. The minimum absolute atomic E-state index is 0.0410. The van der Waals surface area contributed by atoms with Crippen molar-refractivity contribution in [2.24, 2.45) is 0 Å². The van der Waals surface area contributed by atoms with Gasteiger partial charge in [0.15, 0.2) is 0 Å². The first-order valence-electron chi connectivity index (χ1n) is 8.51. The number of non-ortho nitro benzene ring substituents is 1. The van der Waals surface area contributed by atoms with E-state index in [4.69, 9.17) is 21.1 Å². The van der Waals surface area contributed by atoms with Crippen LogP contribution < -0.4 is 14.4 Å². The number of aliphatic hydroxyl groups is 1. The molecule has 0 unspecified atom stereocenters. The monoisotopic (exact) mass is 392 g/mol. The second kappa shape index (κ2) is 7.62. The molecule has 2 aromatic rings. The number of hydrogen-bond donors (Lipinski definition) is 1. The van der Waals surface area contributed by atoms with Gasteiger partial charge in [-0.25, -0.2) is 0 Å². The maximum atomic E-state index is 11.2. The van der Waals surface area contributed by atoms with Gasteiger partial charge in [-0.15, -0.1) is 0 Å². The Balaban J connectivity index is 1.79. The van der Waals surface area contributed by atoms with Crippen molar-refractivity contribution in [3.63, 3.8) is 0 Å². The topological polar surface area (TPSA) is 85.1 Å². The van der Waals surface area contributed by atoms with Crippen LogP contribution in [0.15, 0.2) is 36.4 Å². The number of hydrogen-bond acceptors (Lipinski definition) is 6. The first kappa shape index (κ1) is 19.3. The zero-order valence-corrected chi connectivity index (χ0v) is 15.9. The second-order valence-corrected chi connectivity index (χ2v) is 6.92. The molecule has 1 aliphatic rings. The van der Waals surface area contributed by atoms with Crippen molar-refractivity contribution >= 4 is 23.0 Å². The van der Waals surface area contributed by atoms with Gasteiger partial charge >= 0.3 is 0 Å². The van der Waals surface area contributed by atoms with Crippen LogP contribution in [0.2, 0.25) is 5.02 Å². The highest BCUT2D eigenvalue weighted by Gasteiger charge is 2.35. The van der Waals surface area contributed by atoms with Crippen LogP contribution >= 0.6 is 11.6 Å². The van der Waals surface area contributed by atoms with Gasteiger partial charge in [0.25, 0.3) is 5.69 Å². The fourth-order valence-corrected chi connectivity index (χ4v) is 3.64. The average Bonchev–Trinajstić information content (AvgIpc) is 2.68. The van der Waals surface area contributed by atoms with Gasteiger partial charge in [0, 0.05) is 31.3 Å². The normalized spacial score (nSPS) is 16.1. The Hall–Kier alpha value is -2.51. The maximum Gasteiger partial charge on any atom is 0.271 e. The fraction of sp³-hybridized carbons (Fsp3) is 0.368. The van der Waals surface area contributed by atoms with Crippen molar-refractivity contribution in [2.45, 2.75) is 18.4 Å². The Morgan fingerprint density at radius 3 is 2.19 bits per heavy atom. The summed E-state index contributed by atoms with van der Waals surface area (Å²) < 4.78 is 10.6. The average molecular weight is 393 g/mol. The van der Waals surface area contributed by atoms with Crippen LogP contribution in [-0.4, -0.2) is 37.3 Å². The van der Waals surface area contributed by atoms with Gasteiger partial charge in [-0.3, -0.25) is 10.1 Å². The zero-order valence-electron chi connectivity index (χ0n) is 15.1. The van der Waals surface area contributed by atoms with Crippen molar-refractivity contribution in [1.29, 1.82) is 0 Å². The molecule has 1 fully saturated rings. The number of halogens is 1. The molecule has 1 aliphatic heterocycles. The smallest absolute Gasteiger partial charge is 0.271 e. The van der Waals surface area contributed by atoms with E-state index in [1.807, 2.05) is 17.0 Å². The summed E-state index contributed by atoms with van der Waals surface area (Å²) in [6, 6.07) is 9.84. The van der Waals surface area contributed by atoms with Crippen LogP contribution in [0.3, 0.4) is 0 Å². The fourth-order valence-electron chi connectivity index (χ4n) is 3.35. The molecule has 2 aromatic carbocycles. The molecule has 7 nitrogen and oxygen atoms in total. The van der Waals surface area contributed by atoms with E-state index < -0.39 is 10.5 Å². The third-order valence-electron chi connectivity index (χ3n) is 4.96. The predicted octanol–water partition coefficient (Wildman–Crippen LogP) is 3.75. The number of benzene rings is 2. The predicted molar refractivity (Wildman–Crippen MR) is 103 cm³/mol.